The van der Waals surface area contributed by atoms with Crippen molar-refractivity contribution in [2.45, 2.75) is 12.5 Å². The van der Waals surface area contributed by atoms with E-state index in [0.717, 1.165) is 31.0 Å². The van der Waals surface area contributed by atoms with Crippen molar-refractivity contribution in [1.29, 1.82) is 0 Å². The topological polar surface area (TPSA) is 41.9 Å². The van der Waals surface area contributed by atoms with Gasteiger partial charge in [-0.05, 0) is 29.7 Å². The molecule has 1 N–H and O–H groups in total. The van der Waals surface area contributed by atoms with Crippen molar-refractivity contribution in [3.8, 4) is 11.5 Å². The zero-order valence-corrected chi connectivity index (χ0v) is 10.8. The van der Waals surface area contributed by atoms with Crippen molar-refractivity contribution in [2.24, 2.45) is 5.92 Å². The number of fused-ring (bicyclic) bond motifs is 3. The van der Waals surface area contributed by atoms with E-state index in [9.17, 15) is 5.11 Å². The Bertz CT molecular complexity index is 461. The first kappa shape index (κ1) is 11.8. The molecule has 4 heteroatoms. The lowest BCUT2D eigenvalue weighted by molar-refractivity contribution is -0.0250. The number of hydrogen-bond acceptors (Lipinski definition) is 4. The van der Waals surface area contributed by atoms with Crippen LogP contribution in [0.2, 0.25) is 0 Å². The van der Waals surface area contributed by atoms with Gasteiger partial charge in [-0.3, -0.25) is 4.90 Å². The van der Waals surface area contributed by atoms with Crippen molar-refractivity contribution in [2.75, 3.05) is 33.9 Å². The van der Waals surface area contributed by atoms with Gasteiger partial charge in [0.15, 0.2) is 11.5 Å². The van der Waals surface area contributed by atoms with E-state index >= 15 is 0 Å². The molecule has 1 fully saturated rings. The number of aliphatic hydroxyl groups excluding tert-OH is 1. The molecule has 2 heterocycles. The molecule has 0 bridgehead atoms. The molecule has 2 aliphatic rings. The van der Waals surface area contributed by atoms with Gasteiger partial charge in [0.25, 0.3) is 0 Å². The second-order valence-corrected chi connectivity index (χ2v) is 5.04. The van der Waals surface area contributed by atoms with Gasteiger partial charge in [0.1, 0.15) is 0 Å². The number of rotatable bonds is 3. The van der Waals surface area contributed by atoms with Gasteiger partial charge in [0.05, 0.1) is 14.2 Å². The molecule has 0 aliphatic carbocycles. The number of nitrogens with zero attached hydrogens (tertiary/aromatic N) is 1. The summed E-state index contributed by atoms with van der Waals surface area (Å²) >= 11 is 0. The normalized spacial score (nSPS) is 25.9. The van der Waals surface area contributed by atoms with Crippen molar-refractivity contribution >= 4 is 0 Å². The van der Waals surface area contributed by atoms with Gasteiger partial charge in [0, 0.05) is 31.7 Å². The van der Waals surface area contributed by atoms with Crippen molar-refractivity contribution in [3.63, 3.8) is 0 Å². The van der Waals surface area contributed by atoms with Crippen LogP contribution in [0.15, 0.2) is 12.1 Å². The molecule has 0 radical (unpaired) electrons. The Labute approximate surface area is 107 Å². The molecule has 1 aromatic carbocycles. The van der Waals surface area contributed by atoms with Crippen LogP contribution >= 0.6 is 0 Å². The van der Waals surface area contributed by atoms with E-state index in [1.54, 1.807) is 14.2 Å². The van der Waals surface area contributed by atoms with Crippen LogP contribution in [-0.4, -0.2) is 43.9 Å². The highest BCUT2D eigenvalue weighted by molar-refractivity contribution is 5.50. The highest BCUT2D eigenvalue weighted by Gasteiger charge is 2.42. The maximum Gasteiger partial charge on any atom is 0.161 e. The van der Waals surface area contributed by atoms with Gasteiger partial charge >= 0.3 is 0 Å². The van der Waals surface area contributed by atoms with Crippen LogP contribution in [0.5, 0.6) is 11.5 Å². The fraction of sp³-hybridized carbons (Fsp3) is 0.571. The lowest BCUT2D eigenvalue weighted by Gasteiger charge is -2.51. The Balaban J connectivity index is 2.02. The summed E-state index contributed by atoms with van der Waals surface area (Å²) < 4.78 is 10.7. The predicted octanol–water partition coefficient (Wildman–Crippen LogP) is 1.23. The molecule has 0 unspecified atom stereocenters. The first-order valence-electron chi connectivity index (χ1n) is 6.38. The lowest BCUT2D eigenvalue weighted by Crippen LogP contribution is -2.54. The quantitative estimate of drug-likeness (QED) is 0.874. The smallest absolute Gasteiger partial charge is 0.161 e. The predicted molar refractivity (Wildman–Crippen MR) is 68.1 cm³/mol. The van der Waals surface area contributed by atoms with E-state index in [-0.39, 0.29) is 6.61 Å². The summed E-state index contributed by atoms with van der Waals surface area (Å²) in [5.41, 5.74) is 2.62. The number of aliphatic hydroxyl groups is 1. The molecule has 2 aliphatic heterocycles. The van der Waals surface area contributed by atoms with E-state index in [2.05, 4.69) is 17.0 Å². The van der Waals surface area contributed by atoms with E-state index in [1.165, 1.54) is 11.1 Å². The summed E-state index contributed by atoms with van der Waals surface area (Å²) in [5.74, 6) is 1.94. The minimum absolute atomic E-state index is 0.259. The van der Waals surface area contributed by atoms with Crippen LogP contribution in [0, 0.1) is 5.92 Å². The molecular formula is C14H19NO3. The highest BCUT2D eigenvalue weighted by atomic mass is 16.5. The Hall–Kier alpha value is -1.26. The van der Waals surface area contributed by atoms with Gasteiger partial charge in [-0.2, -0.15) is 0 Å². The zero-order chi connectivity index (χ0) is 12.7. The van der Waals surface area contributed by atoms with Crippen LogP contribution < -0.4 is 9.47 Å². The largest absolute Gasteiger partial charge is 0.493 e. The zero-order valence-electron chi connectivity index (χ0n) is 10.8. The molecule has 1 saturated heterocycles. The van der Waals surface area contributed by atoms with Crippen molar-refractivity contribution in [1.82, 2.24) is 4.90 Å². The number of ether oxygens (including phenoxy) is 2. The fourth-order valence-electron chi connectivity index (χ4n) is 3.21. The standard InChI is InChI=1S/C14H19NO3/c1-17-12-5-9-3-4-15-7-10(8-16)14(15)11(9)6-13(12)18-2/h5-6,10,14,16H,3-4,7-8H2,1-2H3/t10-,14+/m0/s1. The molecule has 2 atom stereocenters. The van der Waals surface area contributed by atoms with Crippen molar-refractivity contribution < 1.29 is 14.6 Å². The first-order valence-corrected chi connectivity index (χ1v) is 6.38. The Morgan fingerprint density at radius 3 is 2.67 bits per heavy atom. The Morgan fingerprint density at radius 1 is 1.28 bits per heavy atom. The van der Waals surface area contributed by atoms with Gasteiger partial charge in [-0.1, -0.05) is 0 Å². The van der Waals surface area contributed by atoms with Gasteiger partial charge < -0.3 is 14.6 Å². The lowest BCUT2D eigenvalue weighted by atomic mass is 9.78. The molecule has 4 nitrogen and oxygen atoms in total. The number of benzene rings is 1. The van der Waals surface area contributed by atoms with E-state index in [4.69, 9.17) is 9.47 Å². The summed E-state index contributed by atoms with van der Waals surface area (Å²) in [5, 5.41) is 9.40. The second kappa shape index (κ2) is 4.44. The Morgan fingerprint density at radius 2 is 2.00 bits per heavy atom. The maximum absolute atomic E-state index is 9.40. The monoisotopic (exact) mass is 249 g/mol. The van der Waals surface area contributed by atoms with Gasteiger partial charge in [-0.15, -0.1) is 0 Å². The Kier molecular flexibility index (Phi) is 2.92. The summed E-state index contributed by atoms with van der Waals surface area (Å²) in [6, 6.07) is 4.52. The molecule has 0 saturated carbocycles. The molecule has 0 amide bonds. The van der Waals surface area contributed by atoms with Crippen LogP contribution in [0.1, 0.15) is 17.2 Å². The average Bonchev–Trinajstić information content (AvgIpc) is 2.37. The highest BCUT2D eigenvalue weighted by Crippen LogP contribution is 2.46. The average molecular weight is 249 g/mol. The molecule has 98 valence electrons. The van der Waals surface area contributed by atoms with Crippen LogP contribution in [0.4, 0.5) is 0 Å². The third kappa shape index (κ3) is 1.60. The molecule has 0 spiro atoms. The molecule has 3 rings (SSSR count). The fourth-order valence-corrected chi connectivity index (χ4v) is 3.21. The van der Waals surface area contributed by atoms with Gasteiger partial charge in [-0.25, -0.2) is 0 Å². The van der Waals surface area contributed by atoms with E-state index in [0.29, 0.717) is 12.0 Å². The summed E-state index contributed by atoms with van der Waals surface area (Å²) in [4.78, 5) is 2.43. The van der Waals surface area contributed by atoms with Gasteiger partial charge in [0.2, 0.25) is 0 Å². The molecule has 0 aromatic heterocycles. The number of methoxy groups -OCH3 is 2. The minimum atomic E-state index is 0.259. The summed E-state index contributed by atoms with van der Waals surface area (Å²) in [6.07, 6.45) is 1.05. The van der Waals surface area contributed by atoms with Crippen molar-refractivity contribution in [3.05, 3.63) is 23.3 Å². The maximum atomic E-state index is 9.40. The van der Waals surface area contributed by atoms with E-state index < -0.39 is 0 Å². The molecule has 18 heavy (non-hydrogen) atoms. The first-order chi connectivity index (χ1) is 8.78. The molecular weight excluding hydrogens is 230 g/mol. The summed E-state index contributed by atoms with van der Waals surface area (Å²) in [6.45, 7) is 2.34. The second-order valence-electron chi connectivity index (χ2n) is 5.04. The van der Waals surface area contributed by atoms with Crippen LogP contribution in [0.25, 0.3) is 0 Å². The SMILES string of the molecule is COc1cc2c(cc1OC)[C@H]1[C@H](CO)CN1CC2. The third-order valence-electron chi connectivity index (χ3n) is 4.18. The molecule has 1 aromatic rings. The third-order valence-corrected chi connectivity index (χ3v) is 4.18. The van der Waals surface area contributed by atoms with Crippen LogP contribution in [-0.2, 0) is 6.42 Å². The van der Waals surface area contributed by atoms with E-state index in [1.807, 2.05) is 0 Å². The summed E-state index contributed by atoms with van der Waals surface area (Å²) in [7, 11) is 3.33. The van der Waals surface area contributed by atoms with Crippen LogP contribution in [0.3, 0.4) is 0 Å². The minimum Gasteiger partial charge on any atom is -0.493 e. The number of hydrogen-bond donors (Lipinski definition) is 1.